The van der Waals surface area contributed by atoms with Crippen molar-refractivity contribution >= 4 is 23.8 Å². The van der Waals surface area contributed by atoms with Gasteiger partial charge in [0.05, 0.1) is 20.1 Å². The van der Waals surface area contributed by atoms with Crippen LogP contribution in [0, 0.1) is 0 Å². The zero-order chi connectivity index (χ0) is 24.7. The molecule has 1 aliphatic heterocycles. The third-order valence-corrected chi connectivity index (χ3v) is 6.57. The monoisotopic (exact) mass is 473 g/mol. The number of methoxy groups -OCH3 is 1. The van der Waals surface area contributed by atoms with Crippen LogP contribution in [0.2, 0.25) is 0 Å². The molecule has 2 fully saturated rings. The summed E-state index contributed by atoms with van der Waals surface area (Å²) in [6, 6.07) is 4.80. The fourth-order valence-corrected chi connectivity index (χ4v) is 4.65. The van der Waals surface area contributed by atoms with Crippen molar-refractivity contribution in [3.63, 3.8) is 0 Å². The van der Waals surface area contributed by atoms with Crippen LogP contribution in [0.15, 0.2) is 24.3 Å². The van der Waals surface area contributed by atoms with Gasteiger partial charge in [0, 0.05) is 26.7 Å². The van der Waals surface area contributed by atoms with E-state index in [1.54, 1.807) is 24.1 Å². The van der Waals surface area contributed by atoms with Crippen LogP contribution in [-0.2, 0) is 20.9 Å². The Labute approximate surface area is 200 Å². The molecule has 34 heavy (non-hydrogen) atoms. The number of piperazine rings is 1. The summed E-state index contributed by atoms with van der Waals surface area (Å²) in [6.45, 7) is 0.283. The van der Waals surface area contributed by atoms with E-state index in [0.717, 1.165) is 37.7 Å². The van der Waals surface area contributed by atoms with Crippen molar-refractivity contribution in [2.24, 2.45) is 0 Å². The van der Waals surface area contributed by atoms with Gasteiger partial charge in [0.25, 0.3) is 0 Å². The maximum absolute atomic E-state index is 13.5. The van der Waals surface area contributed by atoms with Crippen LogP contribution < -0.4 is 20.7 Å². The van der Waals surface area contributed by atoms with Gasteiger partial charge in [0.1, 0.15) is 17.8 Å². The Morgan fingerprint density at radius 2 is 1.71 bits per heavy atom. The van der Waals surface area contributed by atoms with Crippen LogP contribution in [-0.4, -0.2) is 79.4 Å². The first-order chi connectivity index (χ1) is 16.4. The third-order valence-electron chi connectivity index (χ3n) is 6.57. The molecule has 1 aromatic carbocycles. The molecular formula is C24H35N5O5. The van der Waals surface area contributed by atoms with Gasteiger partial charge < -0.3 is 25.6 Å². The van der Waals surface area contributed by atoms with Crippen LogP contribution in [0.5, 0.6) is 5.75 Å². The largest absolute Gasteiger partial charge is 0.497 e. The van der Waals surface area contributed by atoms with Gasteiger partial charge in [0.15, 0.2) is 0 Å². The topological polar surface area (TPSA) is 120 Å². The molecule has 0 bridgehead atoms. The zero-order valence-electron chi connectivity index (χ0n) is 20.1. The van der Waals surface area contributed by atoms with Gasteiger partial charge in [-0.15, -0.1) is 0 Å². The number of amides is 5. The minimum Gasteiger partial charge on any atom is -0.497 e. The van der Waals surface area contributed by atoms with E-state index in [2.05, 4.69) is 16.0 Å². The Kier molecular flexibility index (Phi) is 8.72. The molecule has 1 aromatic rings. The minimum atomic E-state index is -1.09. The summed E-state index contributed by atoms with van der Waals surface area (Å²) in [4.78, 5) is 54.9. The average molecular weight is 474 g/mol. The van der Waals surface area contributed by atoms with E-state index in [1.165, 1.54) is 19.0 Å². The molecule has 10 nitrogen and oxygen atoms in total. The number of carbonyl (C=O) groups is 4. The molecule has 5 amide bonds. The van der Waals surface area contributed by atoms with Crippen molar-refractivity contribution in [2.45, 2.75) is 63.2 Å². The molecule has 1 heterocycles. The molecule has 3 rings (SSSR count). The summed E-state index contributed by atoms with van der Waals surface area (Å²) in [6.07, 6.45) is 4.69. The molecule has 186 valence electrons. The second kappa shape index (κ2) is 11.7. The molecule has 2 atom stereocenters. The van der Waals surface area contributed by atoms with Crippen molar-refractivity contribution in [2.75, 3.05) is 27.7 Å². The van der Waals surface area contributed by atoms with Gasteiger partial charge >= 0.3 is 6.03 Å². The number of urea groups is 1. The van der Waals surface area contributed by atoms with E-state index < -0.39 is 18.1 Å². The van der Waals surface area contributed by atoms with Gasteiger partial charge in [-0.25, -0.2) is 4.79 Å². The number of nitrogens with zero attached hydrogens (tertiary/aromatic N) is 2. The number of rotatable bonds is 7. The first kappa shape index (κ1) is 25.3. The standard InChI is InChI=1S/C24H35N5O5/c1-25-21(30)13-19-23(32)28(14-16-9-11-18(34-3)12-10-16)15-20(22(31)26-2)29(19)24(33)27-17-7-5-4-6-8-17/h9-12,17,19-20H,4-8,13-15H2,1-3H3,(H,25,30)(H,26,31)(H,27,33). The second-order valence-electron chi connectivity index (χ2n) is 8.78. The highest BCUT2D eigenvalue weighted by molar-refractivity contribution is 5.97. The average Bonchev–Trinajstić information content (AvgIpc) is 2.86. The highest BCUT2D eigenvalue weighted by Gasteiger charge is 2.47. The molecule has 0 radical (unpaired) electrons. The van der Waals surface area contributed by atoms with Gasteiger partial charge in [-0.2, -0.15) is 0 Å². The number of carbonyl (C=O) groups excluding carboxylic acids is 4. The first-order valence-corrected chi connectivity index (χ1v) is 11.8. The lowest BCUT2D eigenvalue weighted by Crippen LogP contribution is -2.69. The summed E-state index contributed by atoms with van der Waals surface area (Å²) in [7, 11) is 4.55. The molecule has 2 unspecified atom stereocenters. The molecule has 2 aliphatic rings. The Morgan fingerprint density at radius 1 is 1.03 bits per heavy atom. The molecule has 1 saturated carbocycles. The smallest absolute Gasteiger partial charge is 0.319 e. The molecule has 1 saturated heterocycles. The Balaban J connectivity index is 1.88. The Hall–Kier alpha value is -3.30. The molecule has 3 N–H and O–H groups in total. The van der Waals surface area contributed by atoms with Crippen LogP contribution in [0.1, 0.15) is 44.1 Å². The molecule has 0 spiro atoms. The van der Waals surface area contributed by atoms with Crippen LogP contribution in [0.25, 0.3) is 0 Å². The van der Waals surface area contributed by atoms with E-state index >= 15 is 0 Å². The normalized spacial score (nSPS) is 21.1. The van der Waals surface area contributed by atoms with Gasteiger partial charge in [-0.1, -0.05) is 31.4 Å². The molecule has 0 aromatic heterocycles. The van der Waals surface area contributed by atoms with Crippen LogP contribution in [0.3, 0.4) is 0 Å². The van der Waals surface area contributed by atoms with Crippen molar-refractivity contribution in [1.82, 2.24) is 25.8 Å². The lowest BCUT2D eigenvalue weighted by atomic mass is 9.95. The predicted molar refractivity (Wildman–Crippen MR) is 126 cm³/mol. The number of likely N-dealkylation sites (N-methyl/N-ethyl adjacent to an activating group) is 1. The van der Waals surface area contributed by atoms with Crippen LogP contribution in [0.4, 0.5) is 4.79 Å². The maximum atomic E-state index is 13.5. The molecular weight excluding hydrogens is 438 g/mol. The van der Waals surface area contributed by atoms with E-state index in [0.29, 0.717) is 5.75 Å². The zero-order valence-corrected chi connectivity index (χ0v) is 20.1. The summed E-state index contributed by atoms with van der Waals surface area (Å²) in [5.41, 5.74) is 0.851. The fourth-order valence-electron chi connectivity index (χ4n) is 4.65. The van der Waals surface area contributed by atoms with Gasteiger partial charge in [-0.05, 0) is 30.5 Å². The quantitative estimate of drug-likeness (QED) is 0.546. The SMILES string of the molecule is CNC(=O)CC1C(=O)N(Cc2ccc(OC)cc2)CC(C(=O)NC)N1C(=O)NC1CCCCC1. The summed E-state index contributed by atoms with van der Waals surface area (Å²) < 4.78 is 5.19. The van der Waals surface area contributed by atoms with Crippen molar-refractivity contribution in [1.29, 1.82) is 0 Å². The van der Waals surface area contributed by atoms with E-state index in [-0.39, 0.29) is 43.3 Å². The lowest BCUT2D eigenvalue weighted by Gasteiger charge is -2.45. The lowest BCUT2D eigenvalue weighted by molar-refractivity contribution is -0.149. The summed E-state index contributed by atoms with van der Waals surface area (Å²) in [5.74, 6) is -0.429. The van der Waals surface area contributed by atoms with Gasteiger partial charge in [-0.3, -0.25) is 19.3 Å². The van der Waals surface area contributed by atoms with E-state index in [4.69, 9.17) is 4.74 Å². The Morgan fingerprint density at radius 3 is 2.29 bits per heavy atom. The number of benzene rings is 1. The highest BCUT2D eigenvalue weighted by Crippen LogP contribution is 2.25. The number of hydrogen-bond donors (Lipinski definition) is 3. The number of hydrogen-bond acceptors (Lipinski definition) is 5. The number of nitrogens with one attached hydrogen (secondary N) is 3. The van der Waals surface area contributed by atoms with Crippen LogP contribution >= 0.6 is 0 Å². The molecule has 10 heteroatoms. The minimum absolute atomic E-state index is 0.000305. The van der Waals surface area contributed by atoms with E-state index in [9.17, 15) is 19.2 Å². The molecule has 1 aliphatic carbocycles. The summed E-state index contributed by atoms with van der Waals surface area (Å²) >= 11 is 0. The second-order valence-corrected chi connectivity index (χ2v) is 8.78. The first-order valence-electron chi connectivity index (χ1n) is 11.8. The summed E-state index contributed by atoms with van der Waals surface area (Å²) in [5, 5.41) is 8.14. The van der Waals surface area contributed by atoms with E-state index in [1.807, 2.05) is 12.1 Å². The predicted octanol–water partition coefficient (Wildman–Crippen LogP) is 1.00. The van der Waals surface area contributed by atoms with Gasteiger partial charge in [0.2, 0.25) is 17.7 Å². The number of ether oxygens (including phenoxy) is 1. The third kappa shape index (κ3) is 5.98. The highest BCUT2D eigenvalue weighted by atomic mass is 16.5. The Bertz CT molecular complexity index is 884. The maximum Gasteiger partial charge on any atom is 0.319 e. The fraction of sp³-hybridized carbons (Fsp3) is 0.583. The van der Waals surface area contributed by atoms with Crippen molar-refractivity contribution in [3.05, 3.63) is 29.8 Å². The van der Waals surface area contributed by atoms with Crippen molar-refractivity contribution in [3.8, 4) is 5.75 Å². The van der Waals surface area contributed by atoms with Crippen molar-refractivity contribution < 1.29 is 23.9 Å².